The van der Waals surface area contributed by atoms with Crippen molar-refractivity contribution in [2.24, 2.45) is 7.05 Å². The summed E-state index contributed by atoms with van der Waals surface area (Å²) in [5, 5.41) is 7.15. The minimum Gasteiger partial charge on any atom is -0.341 e. The van der Waals surface area contributed by atoms with Gasteiger partial charge in [0.25, 0.3) is 5.91 Å². The van der Waals surface area contributed by atoms with Crippen LogP contribution < -0.4 is 0 Å². The van der Waals surface area contributed by atoms with Gasteiger partial charge in [-0.2, -0.15) is 5.10 Å². The van der Waals surface area contributed by atoms with Crippen LogP contribution in [0, 0.1) is 6.92 Å². The zero-order valence-electron chi connectivity index (χ0n) is 17.0. The van der Waals surface area contributed by atoms with Gasteiger partial charge in [-0.05, 0) is 25.0 Å². The maximum Gasteiger partial charge on any atom is 0.272 e. The Kier molecular flexibility index (Phi) is 5.55. The smallest absolute Gasteiger partial charge is 0.272 e. The van der Waals surface area contributed by atoms with E-state index < -0.39 is 0 Å². The quantitative estimate of drug-likeness (QED) is 0.686. The molecule has 1 N–H and O–H groups in total. The van der Waals surface area contributed by atoms with E-state index in [1.165, 1.54) is 0 Å². The van der Waals surface area contributed by atoms with Gasteiger partial charge in [0.15, 0.2) is 5.82 Å². The molecule has 10 heteroatoms. The van der Waals surface area contributed by atoms with Crippen LogP contribution in [0.2, 0.25) is 0 Å². The van der Waals surface area contributed by atoms with Crippen molar-refractivity contribution in [1.82, 2.24) is 39.5 Å². The minimum absolute atomic E-state index is 0.0164. The number of aromatic amines is 1. The lowest BCUT2D eigenvalue weighted by molar-refractivity contribution is -0.130. The Balaban J connectivity index is 1.56. The molecule has 0 radical (unpaired) electrons. The van der Waals surface area contributed by atoms with Gasteiger partial charge in [-0.3, -0.25) is 19.7 Å². The van der Waals surface area contributed by atoms with Crippen molar-refractivity contribution in [3.8, 4) is 0 Å². The topological polar surface area (TPSA) is 113 Å². The largest absolute Gasteiger partial charge is 0.341 e. The van der Waals surface area contributed by atoms with Crippen molar-refractivity contribution in [3.63, 3.8) is 0 Å². The first-order chi connectivity index (χ1) is 14.5. The summed E-state index contributed by atoms with van der Waals surface area (Å²) in [7, 11) is 1.79. The molecule has 2 amide bonds. The van der Waals surface area contributed by atoms with Crippen molar-refractivity contribution in [3.05, 3.63) is 60.0 Å². The van der Waals surface area contributed by atoms with Crippen molar-refractivity contribution in [2.75, 3.05) is 19.6 Å². The summed E-state index contributed by atoms with van der Waals surface area (Å²) in [5.41, 5.74) is 1.36. The summed E-state index contributed by atoms with van der Waals surface area (Å²) >= 11 is 0. The summed E-state index contributed by atoms with van der Waals surface area (Å²) < 4.78 is 1.69. The second kappa shape index (κ2) is 8.44. The van der Waals surface area contributed by atoms with E-state index in [0.717, 1.165) is 5.56 Å². The highest BCUT2D eigenvalue weighted by Gasteiger charge is 2.34. The van der Waals surface area contributed by atoms with E-state index in [9.17, 15) is 9.59 Å². The van der Waals surface area contributed by atoms with E-state index in [1.807, 2.05) is 19.1 Å². The van der Waals surface area contributed by atoms with Crippen molar-refractivity contribution in [2.45, 2.75) is 25.8 Å². The number of nitrogens with one attached hydrogen (secondary N) is 1. The number of rotatable bonds is 4. The number of H-pyrrole nitrogens is 1. The summed E-state index contributed by atoms with van der Waals surface area (Å²) in [6.45, 7) is 3.18. The molecule has 0 aliphatic carbocycles. The van der Waals surface area contributed by atoms with Crippen LogP contribution in [-0.2, 0) is 18.3 Å². The lowest BCUT2D eigenvalue weighted by Gasteiger charge is -2.27. The Morgan fingerprint density at radius 2 is 2.07 bits per heavy atom. The van der Waals surface area contributed by atoms with Gasteiger partial charge >= 0.3 is 0 Å². The highest BCUT2D eigenvalue weighted by molar-refractivity contribution is 5.92. The van der Waals surface area contributed by atoms with E-state index in [2.05, 4.69) is 25.1 Å². The molecular weight excluding hydrogens is 384 g/mol. The van der Waals surface area contributed by atoms with Crippen molar-refractivity contribution in [1.29, 1.82) is 0 Å². The number of carbonyl (C=O) groups excluding carboxylic acids is 2. The van der Waals surface area contributed by atoms with Crippen molar-refractivity contribution >= 4 is 11.8 Å². The first kappa shape index (κ1) is 19.7. The molecule has 3 aromatic rings. The number of aryl methyl sites for hydroxylation is 2. The van der Waals surface area contributed by atoms with Crippen LogP contribution in [0.4, 0.5) is 0 Å². The Morgan fingerprint density at radius 3 is 2.73 bits per heavy atom. The maximum absolute atomic E-state index is 13.3. The van der Waals surface area contributed by atoms with Gasteiger partial charge in [0.05, 0.1) is 25.0 Å². The molecule has 1 atom stereocenters. The normalized spacial score (nSPS) is 17.1. The molecule has 1 fully saturated rings. The number of aromatic nitrogens is 6. The molecule has 1 unspecified atom stereocenters. The van der Waals surface area contributed by atoms with Gasteiger partial charge in [-0.1, -0.05) is 6.07 Å². The predicted molar refractivity (Wildman–Crippen MR) is 107 cm³/mol. The Hall–Kier alpha value is -3.56. The molecule has 30 heavy (non-hydrogen) atoms. The molecule has 0 bridgehead atoms. The van der Waals surface area contributed by atoms with Crippen LogP contribution in [0.1, 0.15) is 40.2 Å². The fourth-order valence-electron chi connectivity index (χ4n) is 3.70. The second-order valence-electron chi connectivity index (χ2n) is 7.39. The Morgan fingerprint density at radius 1 is 1.20 bits per heavy atom. The first-order valence-corrected chi connectivity index (χ1v) is 9.86. The van der Waals surface area contributed by atoms with Crippen LogP contribution in [0.15, 0.2) is 37.1 Å². The number of carbonyl (C=O) groups is 2. The summed E-state index contributed by atoms with van der Waals surface area (Å²) in [6, 6.07) is 3.38. The summed E-state index contributed by atoms with van der Waals surface area (Å²) in [4.78, 5) is 42.3. The fourth-order valence-corrected chi connectivity index (χ4v) is 3.70. The third-order valence-electron chi connectivity index (χ3n) is 5.30. The molecule has 1 aliphatic rings. The number of amides is 2. The van der Waals surface area contributed by atoms with Gasteiger partial charge in [-0.15, -0.1) is 0 Å². The van der Waals surface area contributed by atoms with Crippen LogP contribution in [0.3, 0.4) is 0 Å². The standard InChI is InChI=1S/C20H24N8O2/c1-14-23-19(25-24-14)16-5-7-27(18(29)10-15-4-3-6-21-11-15)8-9-28(16)20(30)17-12-22-13-26(17)2/h3-4,6,11-13,16H,5,7-10H2,1-2H3,(H,23,24,25). The Labute approximate surface area is 174 Å². The molecule has 0 saturated carbocycles. The molecule has 1 saturated heterocycles. The maximum atomic E-state index is 13.3. The highest BCUT2D eigenvalue weighted by atomic mass is 16.2. The van der Waals surface area contributed by atoms with Crippen LogP contribution >= 0.6 is 0 Å². The molecular formula is C20H24N8O2. The average molecular weight is 408 g/mol. The van der Waals surface area contributed by atoms with E-state index >= 15 is 0 Å². The summed E-state index contributed by atoms with van der Waals surface area (Å²) in [5.74, 6) is 1.11. The molecule has 4 heterocycles. The van der Waals surface area contributed by atoms with E-state index in [1.54, 1.807) is 46.3 Å². The lowest BCUT2D eigenvalue weighted by atomic mass is 10.1. The second-order valence-corrected chi connectivity index (χ2v) is 7.39. The van der Waals surface area contributed by atoms with Crippen LogP contribution in [0.25, 0.3) is 0 Å². The monoisotopic (exact) mass is 408 g/mol. The van der Waals surface area contributed by atoms with E-state index in [4.69, 9.17) is 0 Å². The zero-order valence-corrected chi connectivity index (χ0v) is 17.0. The van der Waals surface area contributed by atoms with E-state index in [0.29, 0.717) is 43.4 Å². The van der Waals surface area contributed by atoms with Crippen LogP contribution in [-0.4, -0.2) is 71.0 Å². The zero-order chi connectivity index (χ0) is 21.1. The molecule has 156 valence electrons. The number of imidazole rings is 1. The third-order valence-corrected chi connectivity index (χ3v) is 5.30. The highest BCUT2D eigenvalue weighted by Crippen LogP contribution is 2.26. The molecule has 10 nitrogen and oxygen atoms in total. The summed E-state index contributed by atoms with van der Waals surface area (Å²) in [6.07, 6.45) is 7.38. The molecule has 0 aromatic carbocycles. The van der Waals surface area contributed by atoms with Gasteiger partial charge in [-0.25, -0.2) is 9.97 Å². The fraction of sp³-hybridized carbons (Fsp3) is 0.400. The van der Waals surface area contributed by atoms with Crippen LogP contribution in [0.5, 0.6) is 0 Å². The SMILES string of the molecule is Cc1nc(C2CCN(C(=O)Cc3cccnc3)CCN2C(=O)c2cncn2C)n[nH]1. The molecule has 4 rings (SSSR count). The van der Waals surface area contributed by atoms with Gasteiger partial charge in [0.1, 0.15) is 11.5 Å². The number of pyridine rings is 1. The van der Waals surface area contributed by atoms with Gasteiger partial charge in [0.2, 0.25) is 5.91 Å². The lowest BCUT2D eigenvalue weighted by Crippen LogP contribution is -2.39. The average Bonchev–Trinajstić information content (AvgIpc) is 3.29. The minimum atomic E-state index is -0.325. The predicted octanol–water partition coefficient (Wildman–Crippen LogP) is 0.900. The van der Waals surface area contributed by atoms with Crippen molar-refractivity contribution < 1.29 is 9.59 Å². The third kappa shape index (κ3) is 4.07. The Bertz CT molecular complexity index is 1030. The van der Waals surface area contributed by atoms with Gasteiger partial charge in [0, 0.05) is 39.1 Å². The molecule has 1 aliphatic heterocycles. The number of nitrogens with zero attached hydrogens (tertiary/aromatic N) is 7. The van der Waals surface area contributed by atoms with Gasteiger partial charge < -0.3 is 14.4 Å². The molecule has 3 aromatic heterocycles. The number of hydrogen-bond donors (Lipinski definition) is 1. The molecule has 0 spiro atoms. The van der Waals surface area contributed by atoms with E-state index in [-0.39, 0.29) is 24.3 Å². The first-order valence-electron chi connectivity index (χ1n) is 9.86. The number of hydrogen-bond acceptors (Lipinski definition) is 6.